The van der Waals surface area contributed by atoms with Gasteiger partial charge < -0.3 is 14.6 Å². The molecule has 1 aromatic carbocycles. The highest BCUT2D eigenvalue weighted by molar-refractivity contribution is 5.48. The van der Waals surface area contributed by atoms with E-state index < -0.39 is 0 Å². The van der Waals surface area contributed by atoms with Crippen molar-refractivity contribution in [1.29, 1.82) is 0 Å². The smallest absolute Gasteiger partial charge is 0.122 e. The number of hydrogen-bond donors (Lipinski definition) is 1. The molecule has 3 heteroatoms. The lowest BCUT2D eigenvalue weighted by atomic mass is 9.63. The Morgan fingerprint density at radius 2 is 2.11 bits per heavy atom. The van der Waals surface area contributed by atoms with Gasteiger partial charge in [0, 0.05) is 24.2 Å². The molecular formula is C15H20O3. The quantitative estimate of drug-likeness (QED) is 0.826. The molecule has 1 heterocycles. The van der Waals surface area contributed by atoms with Crippen LogP contribution in [0.2, 0.25) is 0 Å². The Morgan fingerprint density at radius 1 is 1.33 bits per heavy atom. The third-order valence-corrected chi connectivity index (χ3v) is 4.54. The second-order valence-electron chi connectivity index (χ2n) is 5.32. The minimum absolute atomic E-state index is 0.154. The first-order chi connectivity index (χ1) is 8.78. The van der Waals surface area contributed by atoms with Gasteiger partial charge in [-0.2, -0.15) is 0 Å². The zero-order valence-corrected chi connectivity index (χ0v) is 10.8. The van der Waals surface area contributed by atoms with Gasteiger partial charge in [-0.05, 0) is 37.3 Å². The normalized spacial score (nSPS) is 25.8. The van der Waals surface area contributed by atoms with E-state index in [0.29, 0.717) is 0 Å². The molecule has 0 saturated carbocycles. The first-order valence-electron chi connectivity index (χ1n) is 6.70. The molecule has 1 saturated heterocycles. The molecule has 3 nitrogen and oxygen atoms in total. The van der Waals surface area contributed by atoms with Crippen LogP contribution in [-0.2, 0) is 16.6 Å². The molecule has 1 unspecified atom stereocenters. The SMILES string of the molecule is COc1cccc2c1C1(CCOCC1)C(O)CC2. The molecule has 1 N–H and O–H groups in total. The van der Waals surface area contributed by atoms with E-state index in [9.17, 15) is 5.11 Å². The van der Waals surface area contributed by atoms with Crippen LogP contribution in [0.25, 0.3) is 0 Å². The number of aliphatic hydroxyl groups excluding tert-OH is 1. The molecule has 1 spiro atoms. The van der Waals surface area contributed by atoms with Crippen molar-refractivity contribution < 1.29 is 14.6 Å². The van der Waals surface area contributed by atoms with E-state index >= 15 is 0 Å². The van der Waals surface area contributed by atoms with Crippen molar-refractivity contribution in [3.8, 4) is 5.75 Å². The second-order valence-corrected chi connectivity index (χ2v) is 5.32. The Kier molecular flexibility index (Phi) is 3.04. The Labute approximate surface area is 108 Å². The third kappa shape index (κ3) is 1.65. The molecule has 98 valence electrons. The summed E-state index contributed by atoms with van der Waals surface area (Å²) in [7, 11) is 1.71. The van der Waals surface area contributed by atoms with Crippen LogP contribution in [-0.4, -0.2) is 31.5 Å². The molecule has 2 aliphatic rings. The highest BCUT2D eigenvalue weighted by Gasteiger charge is 2.46. The standard InChI is InChI=1S/C15H20O3/c1-17-12-4-2-3-11-5-6-13(16)15(14(11)12)7-9-18-10-8-15/h2-4,13,16H,5-10H2,1H3. The van der Waals surface area contributed by atoms with E-state index in [-0.39, 0.29) is 11.5 Å². The number of rotatable bonds is 1. The summed E-state index contributed by atoms with van der Waals surface area (Å²) < 4.78 is 11.0. The third-order valence-electron chi connectivity index (χ3n) is 4.54. The molecule has 1 fully saturated rings. The van der Waals surface area contributed by atoms with Crippen molar-refractivity contribution in [2.75, 3.05) is 20.3 Å². The van der Waals surface area contributed by atoms with Crippen LogP contribution in [0.3, 0.4) is 0 Å². The number of aryl methyl sites for hydroxylation is 1. The number of hydrogen-bond acceptors (Lipinski definition) is 3. The summed E-state index contributed by atoms with van der Waals surface area (Å²) in [5, 5.41) is 10.5. The molecule has 0 amide bonds. The Bertz CT molecular complexity index is 421. The molecule has 3 rings (SSSR count). The van der Waals surface area contributed by atoms with Gasteiger partial charge in [0.2, 0.25) is 0 Å². The molecule has 18 heavy (non-hydrogen) atoms. The van der Waals surface area contributed by atoms with Crippen LogP contribution in [0.5, 0.6) is 5.75 Å². The van der Waals surface area contributed by atoms with Gasteiger partial charge in [-0.25, -0.2) is 0 Å². The number of ether oxygens (including phenoxy) is 2. The average Bonchev–Trinajstić information content (AvgIpc) is 2.44. The Hall–Kier alpha value is -1.06. The van der Waals surface area contributed by atoms with Crippen LogP contribution in [0.1, 0.15) is 30.4 Å². The highest BCUT2D eigenvalue weighted by Crippen LogP contribution is 2.48. The summed E-state index contributed by atoms with van der Waals surface area (Å²) in [4.78, 5) is 0. The zero-order chi connectivity index (χ0) is 12.6. The molecule has 0 bridgehead atoms. The summed E-state index contributed by atoms with van der Waals surface area (Å²) >= 11 is 0. The van der Waals surface area contributed by atoms with Gasteiger partial charge in [-0.15, -0.1) is 0 Å². The summed E-state index contributed by atoms with van der Waals surface area (Å²) in [6, 6.07) is 6.22. The summed E-state index contributed by atoms with van der Waals surface area (Å²) in [5.74, 6) is 0.924. The summed E-state index contributed by atoms with van der Waals surface area (Å²) in [6.07, 6.45) is 3.30. The molecule has 1 aliphatic heterocycles. The fourth-order valence-corrected chi connectivity index (χ4v) is 3.57. The lowest BCUT2D eigenvalue weighted by Gasteiger charge is -2.46. The minimum atomic E-state index is -0.273. The zero-order valence-electron chi connectivity index (χ0n) is 10.8. The molecule has 1 atom stereocenters. The van der Waals surface area contributed by atoms with E-state index in [0.717, 1.165) is 44.6 Å². The van der Waals surface area contributed by atoms with Gasteiger partial charge in [-0.1, -0.05) is 12.1 Å². The molecule has 1 aliphatic carbocycles. The molecule has 0 radical (unpaired) electrons. The number of aliphatic hydroxyl groups is 1. The van der Waals surface area contributed by atoms with Gasteiger partial charge in [0.15, 0.2) is 0 Å². The van der Waals surface area contributed by atoms with Crippen molar-refractivity contribution in [3.63, 3.8) is 0 Å². The molecule has 0 aromatic heterocycles. The van der Waals surface area contributed by atoms with Gasteiger partial charge in [-0.3, -0.25) is 0 Å². The van der Waals surface area contributed by atoms with E-state index in [1.807, 2.05) is 12.1 Å². The number of fused-ring (bicyclic) bond motifs is 2. The maximum Gasteiger partial charge on any atom is 0.122 e. The summed E-state index contributed by atoms with van der Waals surface area (Å²) in [6.45, 7) is 1.46. The average molecular weight is 248 g/mol. The topological polar surface area (TPSA) is 38.7 Å². The first-order valence-corrected chi connectivity index (χ1v) is 6.70. The van der Waals surface area contributed by atoms with E-state index in [1.165, 1.54) is 11.1 Å². The van der Waals surface area contributed by atoms with Crippen LogP contribution < -0.4 is 4.74 Å². The van der Waals surface area contributed by atoms with Crippen LogP contribution in [0.4, 0.5) is 0 Å². The van der Waals surface area contributed by atoms with Gasteiger partial charge >= 0.3 is 0 Å². The largest absolute Gasteiger partial charge is 0.496 e. The van der Waals surface area contributed by atoms with Crippen LogP contribution >= 0.6 is 0 Å². The number of benzene rings is 1. The van der Waals surface area contributed by atoms with Crippen molar-refractivity contribution in [2.24, 2.45) is 0 Å². The Balaban J connectivity index is 2.15. The summed E-state index contributed by atoms with van der Waals surface area (Å²) in [5.41, 5.74) is 2.41. The van der Waals surface area contributed by atoms with E-state index in [1.54, 1.807) is 7.11 Å². The van der Waals surface area contributed by atoms with Gasteiger partial charge in [0.1, 0.15) is 5.75 Å². The van der Waals surface area contributed by atoms with Gasteiger partial charge in [0.25, 0.3) is 0 Å². The monoisotopic (exact) mass is 248 g/mol. The molecular weight excluding hydrogens is 228 g/mol. The lowest BCUT2D eigenvalue weighted by molar-refractivity contribution is -0.0247. The highest BCUT2D eigenvalue weighted by atomic mass is 16.5. The van der Waals surface area contributed by atoms with Crippen molar-refractivity contribution in [2.45, 2.75) is 37.2 Å². The lowest BCUT2D eigenvalue weighted by Crippen LogP contribution is -2.47. The minimum Gasteiger partial charge on any atom is -0.496 e. The maximum atomic E-state index is 10.5. The number of methoxy groups -OCH3 is 1. The van der Waals surface area contributed by atoms with Crippen LogP contribution in [0, 0.1) is 0 Å². The van der Waals surface area contributed by atoms with E-state index in [2.05, 4.69) is 6.07 Å². The van der Waals surface area contributed by atoms with Crippen molar-refractivity contribution in [3.05, 3.63) is 29.3 Å². The van der Waals surface area contributed by atoms with Crippen LogP contribution in [0.15, 0.2) is 18.2 Å². The fourth-order valence-electron chi connectivity index (χ4n) is 3.57. The fraction of sp³-hybridized carbons (Fsp3) is 0.600. The van der Waals surface area contributed by atoms with Crippen molar-refractivity contribution >= 4 is 0 Å². The van der Waals surface area contributed by atoms with Crippen molar-refractivity contribution in [1.82, 2.24) is 0 Å². The van der Waals surface area contributed by atoms with E-state index in [4.69, 9.17) is 9.47 Å². The predicted octanol–water partition coefficient (Wildman–Crippen LogP) is 2.05. The second kappa shape index (κ2) is 4.56. The maximum absolute atomic E-state index is 10.5. The van der Waals surface area contributed by atoms with Gasteiger partial charge in [0.05, 0.1) is 13.2 Å². The Morgan fingerprint density at radius 3 is 2.83 bits per heavy atom. The molecule has 1 aromatic rings. The predicted molar refractivity (Wildman–Crippen MR) is 69.1 cm³/mol. The first kappa shape index (κ1) is 12.0.